The van der Waals surface area contributed by atoms with Crippen LogP contribution in [0.4, 0.5) is 0 Å². The first kappa shape index (κ1) is 13.8. The summed E-state index contributed by atoms with van der Waals surface area (Å²) in [6.07, 6.45) is 1.21. The molecule has 2 rings (SSSR count). The molecule has 1 aromatic carbocycles. The van der Waals surface area contributed by atoms with Gasteiger partial charge in [0.1, 0.15) is 5.75 Å². The summed E-state index contributed by atoms with van der Waals surface area (Å²) >= 11 is 0. The summed E-state index contributed by atoms with van der Waals surface area (Å²) in [6, 6.07) is 7.77. The van der Waals surface area contributed by atoms with Crippen molar-refractivity contribution in [1.82, 2.24) is 4.90 Å². The van der Waals surface area contributed by atoms with E-state index in [1.165, 1.54) is 0 Å². The third-order valence-electron chi connectivity index (χ3n) is 3.55. The Morgan fingerprint density at radius 2 is 2.37 bits per heavy atom. The number of rotatable bonds is 4. The number of ether oxygens (including phenoxy) is 1. The van der Waals surface area contributed by atoms with Gasteiger partial charge in [-0.2, -0.15) is 0 Å². The van der Waals surface area contributed by atoms with Crippen LogP contribution in [0.2, 0.25) is 0 Å². The molecule has 0 bridgehead atoms. The number of carbonyl (C=O) groups excluding carboxylic acids is 1. The topological polar surface area (TPSA) is 75.8 Å². The first-order valence-electron chi connectivity index (χ1n) is 6.41. The van der Waals surface area contributed by atoms with Gasteiger partial charge in [-0.3, -0.25) is 9.69 Å². The van der Waals surface area contributed by atoms with Crippen LogP contribution in [0.25, 0.3) is 0 Å². The number of β-amino-alcohol motifs (C(OH)–C–C–N with tert-alkyl or cyclic N) is 1. The number of nitrogens with zero attached hydrogens (tertiary/aromatic N) is 1. The molecule has 3 N–H and O–H groups in total. The highest BCUT2D eigenvalue weighted by atomic mass is 16.5. The fourth-order valence-corrected chi connectivity index (χ4v) is 2.49. The van der Waals surface area contributed by atoms with E-state index in [1.807, 2.05) is 29.2 Å². The van der Waals surface area contributed by atoms with Crippen molar-refractivity contribution in [2.24, 2.45) is 5.73 Å². The summed E-state index contributed by atoms with van der Waals surface area (Å²) < 4.78 is 5.18. The molecule has 1 fully saturated rings. The van der Waals surface area contributed by atoms with Crippen LogP contribution >= 0.6 is 0 Å². The van der Waals surface area contributed by atoms with Crippen LogP contribution in [0.15, 0.2) is 24.3 Å². The lowest BCUT2D eigenvalue weighted by Gasteiger charge is -2.37. The van der Waals surface area contributed by atoms with Gasteiger partial charge in [-0.25, -0.2) is 0 Å². The maximum Gasteiger partial charge on any atom is 0.250 e. The normalized spacial score (nSPS) is 24.1. The second-order valence-electron chi connectivity index (χ2n) is 5.06. The highest BCUT2D eigenvalue weighted by Crippen LogP contribution is 2.23. The number of hydrogen-bond acceptors (Lipinski definition) is 4. The van der Waals surface area contributed by atoms with Gasteiger partial charge in [0.2, 0.25) is 0 Å². The molecule has 1 aliphatic heterocycles. The van der Waals surface area contributed by atoms with Crippen molar-refractivity contribution in [2.75, 3.05) is 20.2 Å². The smallest absolute Gasteiger partial charge is 0.250 e. The van der Waals surface area contributed by atoms with E-state index in [2.05, 4.69) is 0 Å². The number of methoxy groups -OCH3 is 1. The Balaban J connectivity index is 2.04. The molecule has 0 aromatic heterocycles. The molecule has 19 heavy (non-hydrogen) atoms. The van der Waals surface area contributed by atoms with Gasteiger partial charge in [-0.15, -0.1) is 0 Å². The number of carbonyl (C=O) groups is 1. The lowest BCUT2D eigenvalue weighted by molar-refractivity contribution is -0.142. The summed E-state index contributed by atoms with van der Waals surface area (Å²) in [5, 5.41) is 10.2. The van der Waals surface area contributed by atoms with E-state index in [0.29, 0.717) is 19.5 Å². The van der Waals surface area contributed by atoms with Crippen molar-refractivity contribution in [2.45, 2.75) is 25.0 Å². The first-order valence-corrected chi connectivity index (χ1v) is 6.41. The van der Waals surface area contributed by atoms with E-state index in [-0.39, 0.29) is 0 Å². The first-order chi connectivity index (χ1) is 9.03. The summed E-state index contributed by atoms with van der Waals surface area (Å²) in [5.41, 5.74) is 4.97. The Morgan fingerprint density at radius 3 is 3.05 bits per heavy atom. The van der Waals surface area contributed by atoms with E-state index in [9.17, 15) is 9.90 Å². The van der Waals surface area contributed by atoms with Crippen molar-refractivity contribution in [3.8, 4) is 5.75 Å². The van der Waals surface area contributed by atoms with Crippen LogP contribution < -0.4 is 10.5 Å². The highest BCUT2D eigenvalue weighted by Gasteiger charge is 2.38. The van der Waals surface area contributed by atoms with Crippen LogP contribution in [0.5, 0.6) is 5.75 Å². The van der Waals surface area contributed by atoms with Gasteiger partial charge < -0.3 is 15.6 Å². The van der Waals surface area contributed by atoms with E-state index in [1.54, 1.807) is 7.11 Å². The summed E-state index contributed by atoms with van der Waals surface area (Å²) in [6.45, 7) is 1.82. The molecule has 5 heteroatoms. The molecule has 1 amide bonds. The van der Waals surface area contributed by atoms with Gasteiger partial charge in [0.25, 0.3) is 5.91 Å². The molecule has 104 valence electrons. The third kappa shape index (κ3) is 3.24. The summed E-state index contributed by atoms with van der Waals surface area (Å²) in [4.78, 5) is 13.3. The molecule has 1 atom stereocenters. The molecule has 1 heterocycles. The van der Waals surface area contributed by atoms with Gasteiger partial charge in [-0.05, 0) is 37.1 Å². The number of hydrogen-bond donors (Lipinski definition) is 2. The van der Waals surface area contributed by atoms with Crippen molar-refractivity contribution in [1.29, 1.82) is 0 Å². The minimum atomic E-state index is -1.39. The van der Waals surface area contributed by atoms with E-state index in [0.717, 1.165) is 24.3 Å². The minimum absolute atomic E-state index is 0.291. The molecule has 1 unspecified atom stereocenters. The molecule has 0 spiro atoms. The zero-order valence-corrected chi connectivity index (χ0v) is 11.1. The molecule has 0 radical (unpaired) electrons. The van der Waals surface area contributed by atoms with Crippen LogP contribution in [-0.2, 0) is 11.3 Å². The molecular weight excluding hydrogens is 244 g/mol. The fraction of sp³-hybridized carbons (Fsp3) is 0.500. The maximum atomic E-state index is 11.3. The van der Waals surface area contributed by atoms with Gasteiger partial charge >= 0.3 is 0 Å². The van der Waals surface area contributed by atoms with E-state index >= 15 is 0 Å². The third-order valence-corrected chi connectivity index (χ3v) is 3.55. The monoisotopic (exact) mass is 264 g/mol. The molecule has 5 nitrogen and oxygen atoms in total. The Bertz CT molecular complexity index is 464. The highest BCUT2D eigenvalue weighted by molar-refractivity contribution is 5.83. The van der Waals surface area contributed by atoms with Gasteiger partial charge in [0.05, 0.1) is 7.11 Å². The number of likely N-dealkylation sites (tertiary alicyclic amines) is 1. The van der Waals surface area contributed by atoms with Crippen LogP contribution in [0, 0.1) is 0 Å². The number of aliphatic hydroxyl groups is 1. The van der Waals surface area contributed by atoms with Crippen molar-refractivity contribution in [3.63, 3.8) is 0 Å². The summed E-state index contributed by atoms with van der Waals surface area (Å²) in [7, 11) is 1.63. The number of benzene rings is 1. The molecule has 0 saturated carbocycles. The quantitative estimate of drug-likeness (QED) is 0.830. The predicted molar refractivity (Wildman–Crippen MR) is 71.6 cm³/mol. The number of primary amides is 1. The largest absolute Gasteiger partial charge is 0.497 e. The Morgan fingerprint density at radius 1 is 1.58 bits per heavy atom. The lowest BCUT2D eigenvalue weighted by atomic mass is 9.92. The van der Waals surface area contributed by atoms with Crippen molar-refractivity contribution >= 4 is 5.91 Å². The average Bonchev–Trinajstić information content (AvgIpc) is 2.39. The van der Waals surface area contributed by atoms with Gasteiger partial charge in [-0.1, -0.05) is 12.1 Å². The van der Waals surface area contributed by atoms with E-state index < -0.39 is 11.5 Å². The maximum absolute atomic E-state index is 11.3. The van der Waals surface area contributed by atoms with E-state index in [4.69, 9.17) is 10.5 Å². The fourth-order valence-electron chi connectivity index (χ4n) is 2.49. The van der Waals surface area contributed by atoms with Crippen LogP contribution in [-0.4, -0.2) is 41.7 Å². The van der Waals surface area contributed by atoms with Crippen LogP contribution in [0.3, 0.4) is 0 Å². The standard InChI is InChI=1S/C14H20N2O3/c1-19-12-5-2-4-11(8-12)9-16-7-3-6-14(18,10-16)13(15)17/h2,4-5,8,18H,3,6-7,9-10H2,1H3,(H2,15,17). The number of nitrogens with two attached hydrogens (primary N) is 1. The minimum Gasteiger partial charge on any atom is -0.497 e. The molecule has 1 aliphatic rings. The Hall–Kier alpha value is -1.59. The number of piperidine rings is 1. The second-order valence-corrected chi connectivity index (χ2v) is 5.06. The predicted octanol–water partition coefficient (Wildman–Crippen LogP) is 0.507. The Labute approximate surface area is 113 Å². The van der Waals surface area contributed by atoms with Gasteiger partial charge in [0, 0.05) is 13.1 Å². The molecule has 1 aromatic rings. The van der Waals surface area contributed by atoms with Gasteiger partial charge in [0.15, 0.2) is 5.60 Å². The Kier molecular flexibility index (Phi) is 4.07. The van der Waals surface area contributed by atoms with Crippen LogP contribution in [0.1, 0.15) is 18.4 Å². The number of amides is 1. The second kappa shape index (κ2) is 5.59. The lowest BCUT2D eigenvalue weighted by Crippen LogP contribution is -2.55. The molecule has 0 aliphatic carbocycles. The molecule has 1 saturated heterocycles. The summed E-state index contributed by atoms with van der Waals surface area (Å²) in [5.74, 6) is 0.169. The zero-order chi connectivity index (χ0) is 13.9. The average molecular weight is 264 g/mol. The van der Waals surface area contributed by atoms with Crippen molar-refractivity contribution in [3.05, 3.63) is 29.8 Å². The zero-order valence-electron chi connectivity index (χ0n) is 11.1. The molecular formula is C14H20N2O3. The SMILES string of the molecule is COc1cccc(CN2CCCC(O)(C(N)=O)C2)c1. The van der Waals surface area contributed by atoms with Crippen molar-refractivity contribution < 1.29 is 14.6 Å².